The number of carboxylic acid groups (broad SMARTS) is 2. The minimum Gasteiger partial charge on any atom is -0.478 e. The molecule has 0 fully saturated rings. The molecule has 0 bridgehead atoms. The Morgan fingerprint density at radius 3 is 0.727 bits per heavy atom. The van der Waals surface area contributed by atoms with Gasteiger partial charge in [-0.15, -0.1) is 0 Å². The van der Waals surface area contributed by atoms with Crippen LogP contribution in [0.2, 0.25) is 0 Å². The first kappa shape index (κ1) is 64.1. The maximum absolute atomic E-state index is 13.0. The number of hydrogen-bond acceptors (Lipinski definition) is 13. The standard InChI is InChI=1S/C32H42O7.C30H38O8/c1-19(2)17-24-9-13-26(14-10-24)21(5)30(34)38-28(23(7)33)29(32(36)37-8)39-31(35)22(6)27-15-11-25(12-16-27)18-20(3)4;1-17(2)15-21-7-11-23(12-8-21)19(5)29(35)37-25(27(31)32)26(28(33)34)38-30(36)20(6)24-13-9-22(10-14-24)16-18(3)4/h9-16,19-22,28-29H,17-18H2,1-8H3;7-14,17-20,25-26H,15-16H2,1-6H3,(H,31,32)(H,33,34). The highest BCUT2D eigenvalue weighted by atomic mass is 16.6. The average molecular weight is 1070 g/mol. The summed E-state index contributed by atoms with van der Waals surface area (Å²) in [4.78, 5) is 101. The minimum absolute atomic E-state index is 0.460. The van der Waals surface area contributed by atoms with Crippen LogP contribution in [-0.4, -0.2) is 89.3 Å². The van der Waals surface area contributed by atoms with Crippen molar-refractivity contribution in [1.82, 2.24) is 0 Å². The molecule has 0 aliphatic rings. The molecule has 15 nitrogen and oxygen atoms in total. The van der Waals surface area contributed by atoms with E-state index < -0.39 is 95.7 Å². The molecule has 77 heavy (non-hydrogen) atoms. The summed E-state index contributed by atoms with van der Waals surface area (Å²) in [5, 5.41) is 19.3. The molecule has 8 unspecified atom stereocenters. The molecule has 15 heteroatoms. The van der Waals surface area contributed by atoms with Crippen LogP contribution in [0.3, 0.4) is 0 Å². The van der Waals surface area contributed by atoms with E-state index in [1.807, 2.05) is 72.8 Å². The van der Waals surface area contributed by atoms with Crippen molar-refractivity contribution in [3.63, 3.8) is 0 Å². The van der Waals surface area contributed by atoms with Crippen molar-refractivity contribution >= 4 is 47.6 Å². The zero-order chi connectivity index (χ0) is 57.8. The Morgan fingerprint density at radius 2 is 0.545 bits per heavy atom. The van der Waals surface area contributed by atoms with Gasteiger partial charge in [0.25, 0.3) is 0 Å². The van der Waals surface area contributed by atoms with Gasteiger partial charge in [-0.2, -0.15) is 0 Å². The Labute approximate surface area is 454 Å². The molecule has 0 aromatic heterocycles. The molecule has 4 rings (SSSR count). The van der Waals surface area contributed by atoms with Crippen molar-refractivity contribution < 1.29 is 72.3 Å². The summed E-state index contributed by atoms with van der Waals surface area (Å²) < 4.78 is 25.9. The number of carbonyl (C=O) groups is 8. The number of carboxylic acids is 2. The summed E-state index contributed by atoms with van der Waals surface area (Å²) in [5.41, 5.74) is 7.06. The fourth-order valence-corrected chi connectivity index (χ4v) is 8.30. The van der Waals surface area contributed by atoms with Gasteiger partial charge in [-0.05, 0) is 128 Å². The Balaban J connectivity index is 0.000000405. The molecular formula is C62H80O15. The number of carbonyl (C=O) groups excluding carboxylic acids is 6. The Hall–Kier alpha value is -7.16. The largest absolute Gasteiger partial charge is 0.478 e. The van der Waals surface area contributed by atoms with Crippen molar-refractivity contribution in [2.24, 2.45) is 23.7 Å². The van der Waals surface area contributed by atoms with Crippen LogP contribution in [0.5, 0.6) is 0 Å². The third-order valence-corrected chi connectivity index (χ3v) is 12.8. The van der Waals surface area contributed by atoms with Gasteiger partial charge < -0.3 is 33.9 Å². The zero-order valence-electron chi connectivity index (χ0n) is 47.2. The Bertz CT molecular complexity index is 2490. The summed E-state index contributed by atoms with van der Waals surface area (Å²) in [6.45, 7) is 24.4. The molecule has 0 heterocycles. The molecule has 4 aromatic rings. The molecule has 0 radical (unpaired) electrons. The van der Waals surface area contributed by atoms with Crippen LogP contribution in [-0.2, 0) is 87.7 Å². The van der Waals surface area contributed by atoms with Crippen LogP contribution in [0, 0.1) is 23.7 Å². The second-order valence-electron chi connectivity index (χ2n) is 21.5. The molecule has 0 aliphatic heterocycles. The third-order valence-electron chi connectivity index (χ3n) is 12.8. The normalized spacial score (nSPS) is 14.4. The topological polar surface area (TPSA) is 223 Å². The van der Waals surface area contributed by atoms with Gasteiger partial charge in [0.15, 0.2) is 5.78 Å². The molecule has 8 atom stereocenters. The van der Waals surface area contributed by atoms with Gasteiger partial charge >= 0.3 is 41.8 Å². The number of Topliss-reactive ketones (excluding diaryl/α,β-unsaturated/α-hetero) is 1. The van der Waals surface area contributed by atoms with E-state index in [0.29, 0.717) is 45.9 Å². The van der Waals surface area contributed by atoms with Gasteiger partial charge in [0.2, 0.25) is 24.4 Å². The number of ether oxygens (including phenoxy) is 5. The molecule has 4 aromatic carbocycles. The third kappa shape index (κ3) is 20.4. The molecular weight excluding hydrogens is 985 g/mol. The van der Waals surface area contributed by atoms with E-state index in [-0.39, 0.29) is 0 Å². The first-order chi connectivity index (χ1) is 36.1. The predicted molar refractivity (Wildman–Crippen MR) is 291 cm³/mol. The zero-order valence-corrected chi connectivity index (χ0v) is 47.2. The number of methoxy groups -OCH3 is 1. The van der Waals surface area contributed by atoms with Gasteiger partial charge in [-0.1, -0.05) is 152 Å². The number of rotatable bonds is 26. The van der Waals surface area contributed by atoms with E-state index in [9.17, 15) is 48.6 Å². The van der Waals surface area contributed by atoms with Crippen LogP contribution in [0.25, 0.3) is 0 Å². The number of aliphatic carboxylic acids is 2. The van der Waals surface area contributed by atoms with Gasteiger partial charge in [0, 0.05) is 0 Å². The predicted octanol–water partition coefficient (Wildman–Crippen LogP) is 10.6. The van der Waals surface area contributed by atoms with Crippen LogP contribution >= 0.6 is 0 Å². The smallest absolute Gasteiger partial charge is 0.351 e. The second-order valence-corrected chi connectivity index (χ2v) is 21.5. The van der Waals surface area contributed by atoms with Crippen molar-refractivity contribution in [1.29, 1.82) is 0 Å². The monoisotopic (exact) mass is 1060 g/mol. The van der Waals surface area contributed by atoms with Crippen molar-refractivity contribution in [3.8, 4) is 0 Å². The van der Waals surface area contributed by atoms with E-state index in [1.54, 1.807) is 38.1 Å². The quantitative estimate of drug-likeness (QED) is 0.0441. The van der Waals surface area contributed by atoms with Gasteiger partial charge in [-0.3, -0.25) is 24.0 Å². The van der Waals surface area contributed by atoms with E-state index in [4.69, 9.17) is 23.7 Å². The number of ketones is 1. The lowest BCUT2D eigenvalue weighted by atomic mass is 9.96. The van der Waals surface area contributed by atoms with E-state index >= 15 is 0 Å². The lowest BCUT2D eigenvalue weighted by molar-refractivity contribution is -0.188. The van der Waals surface area contributed by atoms with Crippen LogP contribution < -0.4 is 0 Å². The first-order valence-corrected chi connectivity index (χ1v) is 26.3. The maximum Gasteiger partial charge on any atom is 0.351 e. The van der Waals surface area contributed by atoms with E-state index in [2.05, 4.69) is 55.4 Å². The summed E-state index contributed by atoms with van der Waals surface area (Å²) in [6, 6.07) is 29.7. The fourth-order valence-electron chi connectivity index (χ4n) is 8.30. The van der Waals surface area contributed by atoms with E-state index in [0.717, 1.165) is 55.0 Å². The summed E-state index contributed by atoms with van der Waals surface area (Å²) in [5.74, 6) is -9.67. The van der Waals surface area contributed by atoms with Crippen LogP contribution in [0.15, 0.2) is 97.1 Å². The van der Waals surface area contributed by atoms with Gasteiger partial charge in [-0.25, -0.2) is 14.4 Å². The lowest BCUT2D eigenvalue weighted by Crippen LogP contribution is -2.46. The highest BCUT2D eigenvalue weighted by Gasteiger charge is 2.43. The van der Waals surface area contributed by atoms with Gasteiger partial charge in [0.05, 0.1) is 30.8 Å². The molecule has 0 saturated carbocycles. The average Bonchev–Trinajstić information content (AvgIpc) is 3.37. The Morgan fingerprint density at radius 1 is 0.338 bits per heavy atom. The minimum atomic E-state index is -2.22. The van der Waals surface area contributed by atoms with Crippen molar-refractivity contribution in [2.45, 2.75) is 164 Å². The molecule has 0 saturated heterocycles. The Kier molecular flexibility index (Phi) is 25.4. The molecule has 0 aliphatic carbocycles. The summed E-state index contributed by atoms with van der Waals surface area (Å²) in [6.07, 6.45) is -4.24. The van der Waals surface area contributed by atoms with E-state index in [1.165, 1.54) is 20.8 Å². The highest BCUT2D eigenvalue weighted by Crippen LogP contribution is 2.26. The number of hydrogen-bond donors (Lipinski definition) is 2. The highest BCUT2D eigenvalue weighted by molar-refractivity contribution is 5.93. The number of benzene rings is 4. The first-order valence-electron chi connectivity index (χ1n) is 26.3. The molecule has 418 valence electrons. The second kappa shape index (κ2) is 30.5. The van der Waals surface area contributed by atoms with Crippen molar-refractivity contribution in [3.05, 3.63) is 142 Å². The lowest BCUT2D eigenvalue weighted by Gasteiger charge is -2.25. The van der Waals surface area contributed by atoms with Crippen LogP contribution in [0.1, 0.15) is 158 Å². The molecule has 0 amide bonds. The summed E-state index contributed by atoms with van der Waals surface area (Å²) in [7, 11) is 1.11. The van der Waals surface area contributed by atoms with Crippen LogP contribution in [0.4, 0.5) is 0 Å². The number of esters is 5. The maximum atomic E-state index is 13.0. The fraction of sp³-hybridized carbons (Fsp3) is 0.484. The van der Waals surface area contributed by atoms with Gasteiger partial charge in [0.1, 0.15) is 0 Å². The molecule has 2 N–H and O–H groups in total. The molecule has 0 spiro atoms. The summed E-state index contributed by atoms with van der Waals surface area (Å²) >= 11 is 0. The SMILES string of the molecule is CC(C)Cc1ccc(C(C)C(=O)OC(C(=O)O)C(OC(=O)C(C)c2ccc(CC(C)C)cc2)C(=O)O)cc1.COC(=O)C(OC(=O)C(C)c1ccc(CC(C)C)cc1)C(OC(=O)C(C)c1ccc(CC(C)C)cc1)C(C)=O. The van der Waals surface area contributed by atoms with Crippen molar-refractivity contribution in [2.75, 3.05) is 7.11 Å².